The van der Waals surface area contributed by atoms with Crippen LogP contribution in [0.4, 0.5) is 5.69 Å². The van der Waals surface area contributed by atoms with Crippen LogP contribution in [-0.4, -0.2) is 11.7 Å². The Kier molecular flexibility index (Phi) is 2.81. The second-order valence-electron chi connectivity index (χ2n) is 5.16. The zero-order valence-electron chi connectivity index (χ0n) is 11.3. The number of carbonyl (C=O) groups is 2. The second kappa shape index (κ2) is 4.71. The zero-order chi connectivity index (χ0) is 15.3. The summed E-state index contributed by atoms with van der Waals surface area (Å²) in [5.74, 6) is -1.31. The van der Waals surface area contributed by atoms with E-state index < -0.39 is 11.8 Å². The Bertz CT molecular complexity index is 896. The van der Waals surface area contributed by atoms with E-state index in [4.69, 9.17) is 16.0 Å². The van der Waals surface area contributed by atoms with Crippen molar-refractivity contribution in [2.24, 2.45) is 0 Å². The monoisotopic (exact) mass is 311 g/mol. The summed E-state index contributed by atoms with van der Waals surface area (Å²) >= 11 is 5.90. The summed E-state index contributed by atoms with van der Waals surface area (Å²) in [4.78, 5) is 25.0. The number of hydrogen-bond acceptors (Lipinski definition) is 3. The molecule has 1 unspecified atom stereocenters. The number of benzene rings is 2. The van der Waals surface area contributed by atoms with Crippen molar-refractivity contribution in [2.75, 3.05) is 5.32 Å². The van der Waals surface area contributed by atoms with E-state index in [2.05, 4.69) is 5.32 Å². The molecule has 3 aromatic rings. The Hall–Kier alpha value is -2.59. The van der Waals surface area contributed by atoms with Crippen LogP contribution < -0.4 is 5.32 Å². The van der Waals surface area contributed by atoms with Gasteiger partial charge in [-0.3, -0.25) is 9.59 Å². The van der Waals surface area contributed by atoms with Gasteiger partial charge in [0.15, 0.2) is 11.7 Å². The standard InChI is InChI=1S/C17H10ClNO3/c18-10-5-6-11-12(8-10)19-17(21)15(16(11)20)14-7-9-3-1-2-4-13(9)22-14/h1-8,15H,(H,19,21). The van der Waals surface area contributed by atoms with Gasteiger partial charge in [0, 0.05) is 16.0 Å². The SMILES string of the molecule is O=C1Nc2cc(Cl)ccc2C(=O)C1c1cc2ccccc2o1. The molecule has 0 saturated carbocycles. The lowest BCUT2D eigenvalue weighted by molar-refractivity contribution is -0.117. The number of halogens is 1. The Labute approximate surface area is 130 Å². The van der Waals surface area contributed by atoms with Gasteiger partial charge in [0.2, 0.25) is 5.91 Å². The number of fused-ring (bicyclic) bond motifs is 2. The van der Waals surface area contributed by atoms with Crippen molar-refractivity contribution in [3.63, 3.8) is 0 Å². The highest BCUT2D eigenvalue weighted by Gasteiger charge is 2.37. The number of ketones is 1. The van der Waals surface area contributed by atoms with Crippen LogP contribution in [0.1, 0.15) is 22.0 Å². The molecule has 1 aliphatic heterocycles. The molecule has 22 heavy (non-hydrogen) atoms. The fraction of sp³-hybridized carbons (Fsp3) is 0.0588. The van der Waals surface area contributed by atoms with E-state index in [-0.39, 0.29) is 5.78 Å². The molecule has 5 heteroatoms. The van der Waals surface area contributed by atoms with Crippen LogP contribution in [0.25, 0.3) is 11.0 Å². The minimum absolute atomic E-state index is 0.283. The summed E-state index contributed by atoms with van der Waals surface area (Å²) in [7, 11) is 0. The third-order valence-electron chi connectivity index (χ3n) is 3.76. The molecule has 0 saturated heterocycles. The Morgan fingerprint density at radius 1 is 1.05 bits per heavy atom. The highest BCUT2D eigenvalue weighted by Crippen LogP contribution is 2.35. The average Bonchev–Trinajstić information content (AvgIpc) is 2.90. The van der Waals surface area contributed by atoms with E-state index >= 15 is 0 Å². The summed E-state index contributed by atoms with van der Waals surface area (Å²) in [6, 6.07) is 14.0. The number of nitrogens with one attached hydrogen (secondary N) is 1. The molecule has 1 N–H and O–H groups in total. The molecule has 0 bridgehead atoms. The van der Waals surface area contributed by atoms with Gasteiger partial charge in [-0.2, -0.15) is 0 Å². The van der Waals surface area contributed by atoms with E-state index in [0.29, 0.717) is 27.6 Å². The van der Waals surface area contributed by atoms with Crippen molar-refractivity contribution in [1.29, 1.82) is 0 Å². The van der Waals surface area contributed by atoms with E-state index in [9.17, 15) is 9.59 Å². The number of amides is 1. The van der Waals surface area contributed by atoms with E-state index in [1.165, 1.54) is 0 Å². The predicted octanol–water partition coefficient (Wildman–Crippen LogP) is 4.00. The first kappa shape index (κ1) is 13.1. The topological polar surface area (TPSA) is 59.3 Å². The Morgan fingerprint density at radius 3 is 2.68 bits per heavy atom. The summed E-state index contributed by atoms with van der Waals surface area (Å²) in [6.07, 6.45) is 0. The second-order valence-corrected chi connectivity index (χ2v) is 5.60. The third kappa shape index (κ3) is 1.92. The first-order chi connectivity index (χ1) is 10.6. The van der Waals surface area contributed by atoms with Gasteiger partial charge < -0.3 is 9.73 Å². The molecule has 108 valence electrons. The molecule has 4 nitrogen and oxygen atoms in total. The van der Waals surface area contributed by atoms with E-state index in [0.717, 1.165) is 5.39 Å². The zero-order valence-corrected chi connectivity index (χ0v) is 12.1. The minimum atomic E-state index is -0.971. The summed E-state index contributed by atoms with van der Waals surface area (Å²) in [6.45, 7) is 0. The quantitative estimate of drug-likeness (QED) is 0.691. The van der Waals surface area contributed by atoms with Crippen LogP contribution in [0, 0.1) is 0 Å². The van der Waals surface area contributed by atoms with Crippen molar-refractivity contribution in [3.05, 3.63) is 64.9 Å². The number of hydrogen-bond donors (Lipinski definition) is 1. The smallest absolute Gasteiger partial charge is 0.243 e. The largest absolute Gasteiger partial charge is 0.460 e. The normalized spacial score (nSPS) is 17.4. The van der Waals surface area contributed by atoms with Gasteiger partial charge in [-0.25, -0.2) is 0 Å². The van der Waals surface area contributed by atoms with Crippen molar-refractivity contribution >= 4 is 39.9 Å². The molecule has 0 radical (unpaired) electrons. The fourth-order valence-electron chi connectivity index (χ4n) is 2.72. The molecule has 2 aromatic carbocycles. The predicted molar refractivity (Wildman–Crippen MR) is 83.4 cm³/mol. The molecule has 4 rings (SSSR count). The number of anilines is 1. The number of furan rings is 1. The van der Waals surface area contributed by atoms with Crippen LogP contribution >= 0.6 is 11.6 Å². The first-order valence-electron chi connectivity index (χ1n) is 6.76. The number of rotatable bonds is 1. The number of carbonyl (C=O) groups excluding carboxylic acids is 2. The van der Waals surface area contributed by atoms with Crippen LogP contribution in [0.2, 0.25) is 5.02 Å². The lowest BCUT2D eigenvalue weighted by atomic mass is 9.90. The lowest BCUT2D eigenvalue weighted by Crippen LogP contribution is -2.33. The minimum Gasteiger partial charge on any atom is -0.460 e. The summed E-state index contributed by atoms with van der Waals surface area (Å²) < 4.78 is 5.68. The first-order valence-corrected chi connectivity index (χ1v) is 7.14. The molecule has 1 aliphatic rings. The number of para-hydroxylation sites is 1. The van der Waals surface area contributed by atoms with Crippen LogP contribution in [0.3, 0.4) is 0 Å². The van der Waals surface area contributed by atoms with Gasteiger partial charge in [-0.15, -0.1) is 0 Å². The summed E-state index contributed by atoms with van der Waals surface area (Å²) in [5.41, 5.74) is 1.53. The van der Waals surface area contributed by atoms with Gasteiger partial charge in [0.1, 0.15) is 11.3 Å². The molecule has 2 heterocycles. The molecule has 1 aromatic heterocycles. The maximum atomic E-state index is 12.7. The van der Waals surface area contributed by atoms with Crippen molar-refractivity contribution < 1.29 is 14.0 Å². The Balaban J connectivity index is 1.83. The van der Waals surface area contributed by atoms with Crippen LogP contribution in [0.15, 0.2) is 52.9 Å². The van der Waals surface area contributed by atoms with E-state index in [1.807, 2.05) is 18.2 Å². The molecule has 1 atom stereocenters. The molecular formula is C17H10ClNO3. The van der Waals surface area contributed by atoms with Crippen molar-refractivity contribution in [2.45, 2.75) is 5.92 Å². The van der Waals surface area contributed by atoms with Gasteiger partial charge in [0.25, 0.3) is 0 Å². The van der Waals surface area contributed by atoms with Gasteiger partial charge in [-0.1, -0.05) is 29.8 Å². The fourth-order valence-corrected chi connectivity index (χ4v) is 2.89. The lowest BCUT2D eigenvalue weighted by Gasteiger charge is -2.22. The highest BCUT2D eigenvalue weighted by molar-refractivity contribution is 6.32. The van der Waals surface area contributed by atoms with Crippen molar-refractivity contribution in [1.82, 2.24) is 0 Å². The number of Topliss-reactive ketones (excluding diaryl/α,β-unsaturated/α-hetero) is 1. The molecule has 1 amide bonds. The van der Waals surface area contributed by atoms with Crippen LogP contribution in [-0.2, 0) is 4.79 Å². The molecular weight excluding hydrogens is 302 g/mol. The van der Waals surface area contributed by atoms with Crippen LogP contribution in [0.5, 0.6) is 0 Å². The van der Waals surface area contributed by atoms with E-state index in [1.54, 1.807) is 30.3 Å². The molecule has 0 aliphatic carbocycles. The van der Waals surface area contributed by atoms with Gasteiger partial charge in [0.05, 0.1) is 5.69 Å². The molecule has 0 fully saturated rings. The molecule has 0 spiro atoms. The van der Waals surface area contributed by atoms with Crippen molar-refractivity contribution in [3.8, 4) is 0 Å². The average molecular weight is 312 g/mol. The summed E-state index contributed by atoms with van der Waals surface area (Å²) in [5, 5.41) is 4.05. The maximum Gasteiger partial charge on any atom is 0.243 e. The van der Waals surface area contributed by atoms with Gasteiger partial charge >= 0.3 is 0 Å². The third-order valence-corrected chi connectivity index (χ3v) is 3.99. The Morgan fingerprint density at radius 2 is 1.86 bits per heavy atom. The maximum absolute atomic E-state index is 12.7. The highest BCUT2D eigenvalue weighted by atomic mass is 35.5. The van der Waals surface area contributed by atoms with Gasteiger partial charge in [-0.05, 0) is 30.3 Å².